The summed E-state index contributed by atoms with van der Waals surface area (Å²) in [6, 6.07) is 6.76. The van der Waals surface area contributed by atoms with Crippen molar-refractivity contribution in [2.24, 2.45) is 0 Å². The molecule has 0 unspecified atom stereocenters. The van der Waals surface area contributed by atoms with Crippen LogP contribution in [0.3, 0.4) is 0 Å². The van der Waals surface area contributed by atoms with E-state index in [0.29, 0.717) is 24.5 Å². The first-order chi connectivity index (χ1) is 9.02. The molecule has 1 aromatic carbocycles. The number of nitrogens with zero attached hydrogens (tertiary/aromatic N) is 1. The lowest BCUT2D eigenvalue weighted by Gasteiger charge is -2.20. The van der Waals surface area contributed by atoms with Gasteiger partial charge in [-0.3, -0.25) is 4.79 Å². The predicted molar refractivity (Wildman–Crippen MR) is 73.2 cm³/mol. The van der Waals surface area contributed by atoms with E-state index in [1.807, 2.05) is 13.0 Å². The number of hydrogen-bond acceptors (Lipinski definition) is 2. The minimum absolute atomic E-state index is 0.296. The highest BCUT2D eigenvalue weighted by molar-refractivity contribution is 6.30. The lowest BCUT2D eigenvalue weighted by atomic mass is 10.2. The molecule has 0 saturated carbocycles. The van der Waals surface area contributed by atoms with Gasteiger partial charge in [-0.05, 0) is 24.1 Å². The topological polar surface area (TPSA) is 69.6 Å². The average Bonchev–Trinajstić information content (AvgIpc) is 2.35. The average molecular weight is 285 g/mol. The molecule has 1 aromatic rings. The maximum Gasteiger partial charge on any atom is 0.323 e. The molecule has 0 atom stereocenters. The Balaban J connectivity index is 2.54. The molecule has 0 aliphatic heterocycles. The number of benzene rings is 1. The van der Waals surface area contributed by atoms with Gasteiger partial charge < -0.3 is 15.3 Å². The second kappa shape index (κ2) is 7.63. The van der Waals surface area contributed by atoms with E-state index < -0.39 is 5.97 Å². The van der Waals surface area contributed by atoms with E-state index in [2.05, 4.69) is 5.32 Å². The predicted octanol–water partition coefficient (Wildman–Crippen LogP) is 2.35. The van der Waals surface area contributed by atoms with E-state index in [4.69, 9.17) is 16.7 Å². The van der Waals surface area contributed by atoms with Crippen molar-refractivity contribution in [3.63, 3.8) is 0 Å². The lowest BCUT2D eigenvalue weighted by Crippen LogP contribution is -2.42. The van der Waals surface area contributed by atoms with Crippen molar-refractivity contribution < 1.29 is 14.7 Å². The van der Waals surface area contributed by atoms with Crippen LogP contribution in [0.15, 0.2) is 24.3 Å². The number of hydrogen-bond donors (Lipinski definition) is 2. The highest BCUT2D eigenvalue weighted by atomic mass is 35.5. The van der Waals surface area contributed by atoms with Crippen LogP contribution < -0.4 is 5.32 Å². The van der Waals surface area contributed by atoms with Crippen LogP contribution in [0.4, 0.5) is 4.79 Å². The minimum Gasteiger partial charge on any atom is -0.480 e. The second-order valence-corrected chi connectivity index (χ2v) is 4.54. The number of amides is 2. The molecule has 1 rings (SSSR count). The van der Waals surface area contributed by atoms with E-state index in [0.717, 1.165) is 5.56 Å². The molecule has 0 fully saturated rings. The maximum absolute atomic E-state index is 11.8. The van der Waals surface area contributed by atoms with Gasteiger partial charge in [0.05, 0.1) is 0 Å². The molecular formula is C13H17ClN2O3. The van der Waals surface area contributed by atoms with Gasteiger partial charge in [-0.25, -0.2) is 4.79 Å². The highest BCUT2D eigenvalue weighted by Gasteiger charge is 2.15. The molecule has 2 amide bonds. The summed E-state index contributed by atoms with van der Waals surface area (Å²) in [5.74, 6) is -1.02. The minimum atomic E-state index is -1.02. The molecule has 0 heterocycles. The van der Waals surface area contributed by atoms with Crippen LogP contribution in [0.1, 0.15) is 18.9 Å². The van der Waals surface area contributed by atoms with Crippen LogP contribution >= 0.6 is 11.6 Å². The fourth-order valence-corrected chi connectivity index (χ4v) is 1.83. The summed E-state index contributed by atoms with van der Waals surface area (Å²) in [5.41, 5.74) is 0.868. The Labute approximate surface area is 117 Å². The number of carbonyl (C=O) groups is 2. The normalized spacial score (nSPS) is 10.0. The van der Waals surface area contributed by atoms with E-state index in [-0.39, 0.29) is 12.6 Å². The number of carboxylic acids is 1. The van der Waals surface area contributed by atoms with E-state index >= 15 is 0 Å². The fourth-order valence-electron chi connectivity index (χ4n) is 1.62. The third kappa shape index (κ3) is 5.61. The van der Waals surface area contributed by atoms with Crippen LogP contribution in [0.5, 0.6) is 0 Å². The first kappa shape index (κ1) is 15.3. The number of nitrogens with one attached hydrogen (secondary N) is 1. The molecule has 19 heavy (non-hydrogen) atoms. The summed E-state index contributed by atoms with van der Waals surface area (Å²) in [4.78, 5) is 23.8. The Morgan fingerprint density at radius 1 is 1.42 bits per heavy atom. The molecular weight excluding hydrogens is 268 g/mol. The third-order valence-electron chi connectivity index (χ3n) is 2.44. The molecule has 0 aromatic heterocycles. The summed E-state index contributed by atoms with van der Waals surface area (Å²) < 4.78 is 0. The van der Waals surface area contributed by atoms with Gasteiger partial charge in [-0.15, -0.1) is 0 Å². The van der Waals surface area contributed by atoms with E-state index in [1.165, 1.54) is 4.90 Å². The van der Waals surface area contributed by atoms with Crippen molar-refractivity contribution in [3.8, 4) is 0 Å². The second-order valence-electron chi connectivity index (χ2n) is 4.10. The van der Waals surface area contributed by atoms with Gasteiger partial charge in [0, 0.05) is 18.1 Å². The zero-order chi connectivity index (χ0) is 14.3. The van der Waals surface area contributed by atoms with Crippen LogP contribution in [-0.2, 0) is 11.3 Å². The summed E-state index contributed by atoms with van der Waals surface area (Å²) >= 11 is 5.84. The molecule has 2 N–H and O–H groups in total. The Kier molecular flexibility index (Phi) is 6.15. The van der Waals surface area contributed by atoms with Crippen LogP contribution in [0.2, 0.25) is 5.02 Å². The van der Waals surface area contributed by atoms with Crippen molar-refractivity contribution in [3.05, 3.63) is 34.9 Å². The lowest BCUT2D eigenvalue weighted by molar-refractivity contribution is -0.137. The van der Waals surface area contributed by atoms with E-state index in [9.17, 15) is 9.59 Å². The van der Waals surface area contributed by atoms with Crippen molar-refractivity contribution in [1.82, 2.24) is 10.2 Å². The molecule has 0 bridgehead atoms. The highest BCUT2D eigenvalue weighted by Crippen LogP contribution is 2.10. The fraction of sp³-hybridized carbons (Fsp3) is 0.385. The van der Waals surface area contributed by atoms with Crippen LogP contribution in [-0.4, -0.2) is 35.1 Å². The first-order valence-corrected chi connectivity index (χ1v) is 6.39. The molecule has 0 radical (unpaired) electrons. The molecule has 6 heteroatoms. The standard InChI is InChI=1S/C13H17ClN2O3/c1-2-6-16(9-12(17)18)13(19)15-8-10-4-3-5-11(14)7-10/h3-5,7H,2,6,8-9H2,1H3,(H,15,19)(H,17,18). The summed E-state index contributed by atoms with van der Waals surface area (Å²) in [6.07, 6.45) is 0.706. The van der Waals surface area contributed by atoms with Crippen LogP contribution in [0, 0.1) is 0 Å². The van der Waals surface area contributed by atoms with Gasteiger partial charge in [0.2, 0.25) is 0 Å². The Hall–Kier alpha value is -1.75. The van der Waals surface area contributed by atoms with Crippen molar-refractivity contribution in [2.75, 3.05) is 13.1 Å². The number of carbonyl (C=O) groups excluding carboxylic acids is 1. The SMILES string of the molecule is CCCN(CC(=O)O)C(=O)NCc1cccc(Cl)c1. The molecule has 0 aliphatic rings. The zero-order valence-electron chi connectivity index (χ0n) is 10.7. The van der Waals surface area contributed by atoms with Crippen LogP contribution in [0.25, 0.3) is 0 Å². The van der Waals surface area contributed by atoms with E-state index in [1.54, 1.807) is 18.2 Å². The largest absolute Gasteiger partial charge is 0.480 e. The first-order valence-electron chi connectivity index (χ1n) is 6.02. The summed E-state index contributed by atoms with van der Waals surface area (Å²) in [6.45, 7) is 2.32. The van der Waals surface area contributed by atoms with Gasteiger partial charge in [-0.2, -0.15) is 0 Å². The third-order valence-corrected chi connectivity index (χ3v) is 2.67. The molecule has 0 spiro atoms. The molecule has 5 nitrogen and oxygen atoms in total. The summed E-state index contributed by atoms with van der Waals surface area (Å²) in [7, 11) is 0. The monoisotopic (exact) mass is 284 g/mol. The molecule has 104 valence electrons. The smallest absolute Gasteiger partial charge is 0.323 e. The Morgan fingerprint density at radius 2 is 2.16 bits per heavy atom. The zero-order valence-corrected chi connectivity index (χ0v) is 11.5. The number of carboxylic acid groups (broad SMARTS) is 1. The van der Waals surface area contributed by atoms with Gasteiger partial charge in [0.25, 0.3) is 0 Å². The van der Waals surface area contributed by atoms with Gasteiger partial charge in [0.15, 0.2) is 0 Å². The number of rotatable bonds is 6. The number of urea groups is 1. The summed E-state index contributed by atoms with van der Waals surface area (Å²) in [5, 5.41) is 12.0. The van der Waals surface area contributed by atoms with Gasteiger partial charge in [0.1, 0.15) is 6.54 Å². The number of aliphatic carboxylic acids is 1. The van der Waals surface area contributed by atoms with Crippen molar-refractivity contribution in [2.45, 2.75) is 19.9 Å². The Bertz CT molecular complexity index is 451. The van der Waals surface area contributed by atoms with Crippen molar-refractivity contribution in [1.29, 1.82) is 0 Å². The van der Waals surface area contributed by atoms with Gasteiger partial charge >= 0.3 is 12.0 Å². The molecule has 0 aliphatic carbocycles. The maximum atomic E-state index is 11.8. The Morgan fingerprint density at radius 3 is 2.74 bits per heavy atom. The van der Waals surface area contributed by atoms with Gasteiger partial charge in [-0.1, -0.05) is 30.7 Å². The quantitative estimate of drug-likeness (QED) is 0.842. The number of halogens is 1. The van der Waals surface area contributed by atoms with Crippen molar-refractivity contribution >= 4 is 23.6 Å². The molecule has 0 saturated heterocycles.